The molecule has 2 aromatic rings. The van der Waals surface area contributed by atoms with Gasteiger partial charge in [-0.2, -0.15) is 0 Å². The van der Waals surface area contributed by atoms with E-state index in [4.69, 9.17) is 27.9 Å². The summed E-state index contributed by atoms with van der Waals surface area (Å²) in [5.41, 5.74) is 2.26. The van der Waals surface area contributed by atoms with Gasteiger partial charge in [0.05, 0.1) is 23.5 Å². The number of anilines is 1. The van der Waals surface area contributed by atoms with Crippen LogP contribution in [0.3, 0.4) is 0 Å². The Morgan fingerprint density at radius 2 is 1.87 bits per heavy atom. The number of hydrogen-bond donors (Lipinski definition) is 1. The molecular weight excluding hydrogens is 333 g/mol. The Labute approximate surface area is 147 Å². The van der Waals surface area contributed by atoms with E-state index in [9.17, 15) is 0 Å². The second-order valence-corrected chi connectivity index (χ2v) is 6.14. The number of nitrogens with zero attached hydrogens (tertiary/aromatic N) is 2. The van der Waals surface area contributed by atoms with Crippen LogP contribution in [-0.4, -0.2) is 23.1 Å². The van der Waals surface area contributed by atoms with Gasteiger partial charge in [0, 0.05) is 16.6 Å². The monoisotopic (exact) mass is 353 g/mol. The van der Waals surface area contributed by atoms with Crippen LogP contribution in [0, 0.1) is 6.92 Å². The molecule has 2 rings (SSSR count). The first kappa shape index (κ1) is 17.8. The molecule has 0 atom stereocenters. The first-order valence-corrected chi connectivity index (χ1v) is 8.40. The minimum atomic E-state index is 0.336. The van der Waals surface area contributed by atoms with Crippen molar-refractivity contribution < 1.29 is 4.74 Å². The van der Waals surface area contributed by atoms with E-state index in [0.717, 1.165) is 24.1 Å². The Hall–Kier alpha value is -1.52. The zero-order chi connectivity index (χ0) is 17.0. The van der Waals surface area contributed by atoms with E-state index in [0.29, 0.717) is 33.5 Å². The molecule has 0 bridgehead atoms. The van der Waals surface area contributed by atoms with E-state index in [1.54, 1.807) is 19.2 Å². The van der Waals surface area contributed by atoms with Crippen molar-refractivity contribution >= 4 is 29.0 Å². The fourth-order valence-electron chi connectivity index (χ4n) is 2.36. The molecule has 0 aliphatic rings. The van der Waals surface area contributed by atoms with Gasteiger partial charge in [-0.1, -0.05) is 37.0 Å². The van der Waals surface area contributed by atoms with E-state index >= 15 is 0 Å². The summed E-state index contributed by atoms with van der Waals surface area (Å²) in [5.74, 6) is 1.12. The lowest BCUT2D eigenvalue weighted by molar-refractivity contribution is 0.397. The number of methoxy groups -OCH3 is 1. The smallest absolute Gasteiger partial charge is 0.257 e. The lowest BCUT2D eigenvalue weighted by atomic mass is 10.1. The normalized spacial score (nSPS) is 10.9. The van der Waals surface area contributed by atoms with Gasteiger partial charge >= 0.3 is 0 Å². The van der Waals surface area contributed by atoms with Crippen LogP contribution in [-0.2, 0) is 0 Å². The first-order valence-electron chi connectivity index (χ1n) is 7.64. The molecule has 0 saturated carbocycles. The van der Waals surface area contributed by atoms with Crippen LogP contribution in [0.2, 0.25) is 10.0 Å². The van der Waals surface area contributed by atoms with Gasteiger partial charge < -0.3 is 10.1 Å². The topological polar surface area (TPSA) is 47.0 Å². The molecule has 1 aromatic carbocycles. The van der Waals surface area contributed by atoms with Gasteiger partial charge in [-0.05, 0) is 38.0 Å². The number of rotatable bonds is 6. The number of ether oxygens (including phenoxy) is 1. The van der Waals surface area contributed by atoms with Crippen LogP contribution in [0.1, 0.15) is 32.4 Å². The van der Waals surface area contributed by atoms with Gasteiger partial charge in [0.1, 0.15) is 0 Å². The number of aryl methyl sites for hydroxylation is 1. The average molecular weight is 354 g/mol. The lowest BCUT2D eigenvalue weighted by Gasteiger charge is -2.18. The highest BCUT2D eigenvalue weighted by molar-refractivity contribution is 6.36. The summed E-state index contributed by atoms with van der Waals surface area (Å²) < 4.78 is 5.41. The number of halogens is 2. The Balaban J connectivity index is 2.47. The molecule has 1 N–H and O–H groups in total. The van der Waals surface area contributed by atoms with Crippen LogP contribution < -0.4 is 10.1 Å². The first-order chi connectivity index (χ1) is 11.0. The maximum atomic E-state index is 6.29. The second kappa shape index (κ2) is 7.84. The van der Waals surface area contributed by atoms with Crippen LogP contribution in [0.15, 0.2) is 18.2 Å². The molecule has 6 heteroatoms. The van der Waals surface area contributed by atoms with Crippen molar-refractivity contribution in [3.8, 4) is 17.1 Å². The Morgan fingerprint density at radius 1 is 1.17 bits per heavy atom. The molecule has 0 radical (unpaired) electrons. The highest BCUT2D eigenvalue weighted by Gasteiger charge is 2.17. The van der Waals surface area contributed by atoms with Gasteiger partial charge in [-0.3, -0.25) is 0 Å². The van der Waals surface area contributed by atoms with E-state index in [1.807, 2.05) is 13.0 Å². The van der Waals surface area contributed by atoms with Crippen molar-refractivity contribution in [2.45, 2.75) is 39.7 Å². The summed E-state index contributed by atoms with van der Waals surface area (Å²) in [6.07, 6.45) is 2.01. The van der Waals surface area contributed by atoms with Crippen molar-refractivity contribution in [1.82, 2.24) is 9.97 Å². The standard InChI is InChI=1S/C17H21Cl2N3O/c1-5-12(6-2)21-16-17(23-4)22-15(10(3)20-16)13-8-7-11(18)9-14(13)19/h7-9,12H,5-6H2,1-4H3,(H,20,21). The summed E-state index contributed by atoms with van der Waals surface area (Å²) in [6.45, 7) is 6.18. The van der Waals surface area contributed by atoms with Gasteiger partial charge in [-0.25, -0.2) is 9.97 Å². The highest BCUT2D eigenvalue weighted by Crippen LogP contribution is 2.33. The molecule has 124 valence electrons. The molecule has 0 aliphatic heterocycles. The highest BCUT2D eigenvalue weighted by atomic mass is 35.5. The third kappa shape index (κ3) is 4.06. The Kier molecular flexibility index (Phi) is 6.08. The number of hydrogen-bond acceptors (Lipinski definition) is 4. The van der Waals surface area contributed by atoms with E-state index < -0.39 is 0 Å². The van der Waals surface area contributed by atoms with E-state index in [2.05, 4.69) is 29.1 Å². The van der Waals surface area contributed by atoms with Crippen molar-refractivity contribution in [3.05, 3.63) is 33.9 Å². The predicted molar refractivity (Wildman–Crippen MR) is 96.8 cm³/mol. The molecule has 1 aromatic heterocycles. The van der Waals surface area contributed by atoms with E-state index in [1.165, 1.54) is 0 Å². The molecule has 0 unspecified atom stereocenters. The zero-order valence-corrected chi connectivity index (χ0v) is 15.3. The maximum Gasteiger partial charge on any atom is 0.257 e. The third-order valence-electron chi connectivity index (χ3n) is 3.74. The maximum absolute atomic E-state index is 6.29. The summed E-state index contributed by atoms with van der Waals surface area (Å²) in [4.78, 5) is 9.23. The summed E-state index contributed by atoms with van der Waals surface area (Å²) >= 11 is 12.3. The van der Waals surface area contributed by atoms with E-state index in [-0.39, 0.29) is 0 Å². The second-order valence-electron chi connectivity index (χ2n) is 5.30. The molecule has 4 nitrogen and oxygen atoms in total. The molecule has 0 amide bonds. The summed E-state index contributed by atoms with van der Waals surface area (Å²) in [7, 11) is 1.59. The zero-order valence-electron chi connectivity index (χ0n) is 13.8. The van der Waals surface area contributed by atoms with Crippen molar-refractivity contribution in [2.24, 2.45) is 0 Å². The fraction of sp³-hybridized carbons (Fsp3) is 0.412. The molecule has 1 heterocycles. The van der Waals surface area contributed by atoms with Crippen LogP contribution in [0.5, 0.6) is 5.88 Å². The van der Waals surface area contributed by atoms with Gasteiger partial charge in [-0.15, -0.1) is 0 Å². The number of aromatic nitrogens is 2. The summed E-state index contributed by atoms with van der Waals surface area (Å²) in [6, 6.07) is 5.66. The molecule has 0 spiro atoms. The van der Waals surface area contributed by atoms with Crippen LogP contribution in [0.4, 0.5) is 5.82 Å². The van der Waals surface area contributed by atoms with Gasteiger partial charge in [0.15, 0.2) is 5.82 Å². The molecule has 23 heavy (non-hydrogen) atoms. The quantitative estimate of drug-likeness (QED) is 0.758. The van der Waals surface area contributed by atoms with Crippen LogP contribution >= 0.6 is 23.2 Å². The van der Waals surface area contributed by atoms with Gasteiger partial charge in [0.25, 0.3) is 5.88 Å². The largest absolute Gasteiger partial charge is 0.478 e. The van der Waals surface area contributed by atoms with Crippen molar-refractivity contribution in [2.75, 3.05) is 12.4 Å². The summed E-state index contributed by atoms with van der Waals surface area (Å²) in [5, 5.41) is 4.51. The number of nitrogens with one attached hydrogen (secondary N) is 1. The Bertz CT molecular complexity index is 688. The fourth-order valence-corrected chi connectivity index (χ4v) is 2.86. The molecular formula is C17H21Cl2N3O. The van der Waals surface area contributed by atoms with Gasteiger partial charge in [0.2, 0.25) is 0 Å². The third-order valence-corrected chi connectivity index (χ3v) is 4.29. The predicted octanol–water partition coefficient (Wildman–Crippen LogP) is 5.37. The molecule has 0 saturated heterocycles. The van der Waals surface area contributed by atoms with Crippen molar-refractivity contribution in [1.29, 1.82) is 0 Å². The van der Waals surface area contributed by atoms with Crippen LogP contribution in [0.25, 0.3) is 11.3 Å². The number of benzene rings is 1. The molecule has 0 aliphatic carbocycles. The average Bonchev–Trinajstić information content (AvgIpc) is 2.53. The Morgan fingerprint density at radius 3 is 2.43 bits per heavy atom. The lowest BCUT2D eigenvalue weighted by Crippen LogP contribution is -2.19. The SMILES string of the molecule is CCC(CC)Nc1nc(C)c(-c2ccc(Cl)cc2Cl)nc1OC. The van der Waals surface area contributed by atoms with Crippen molar-refractivity contribution in [3.63, 3.8) is 0 Å². The minimum absolute atomic E-state index is 0.336. The molecule has 0 fully saturated rings. The minimum Gasteiger partial charge on any atom is -0.478 e.